The van der Waals surface area contributed by atoms with E-state index < -0.39 is 0 Å². The number of H-pyrrole nitrogens is 1. The number of carbonyl (C=O) groups is 1. The second-order valence-corrected chi connectivity index (χ2v) is 4.63. The van der Waals surface area contributed by atoms with Crippen molar-refractivity contribution < 1.29 is 4.79 Å². The Morgan fingerprint density at radius 2 is 2.20 bits per heavy atom. The predicted octanol–water partition coefficient (Wildman–Crippen LogP) is 1.25. The van der Waals surface area contributed by atoms with Gasteiger partial charge in [-0.1, -0.05) is 20.8 Å². The summed E-state index contributed by atoms with van der Waals surface area (Å²) in [5.41, 5.74) is 0.0992. The van der Waals surface area contributed by atoms with Crippen LogP contribution in [0.25, 0.3) is 0 Å². The molecule has 0 radical (unpaired) electrons. The van der Waals surface area contributed by atoms with Crippen molar-refractivity contribution in [3.05, 3.63) is 18.2 Å². The molecule has 0 fully saturated rings. The molecule has 0 aromatic carbocycles. The molecule has 0 saturated heterocycles. The summed E-state index contributed by atoms with van der Waals surface area (Å²) in [6.07, 6.45) is 3.38. The average molecular weight is 210 g/mol. The summed E-state index contributed by atoms with van der Waals surface area (Å²) in [4.78, 5) is 18.2. The molecule has 0 saturated carbocycles. The highest BCUT2D eigenvalue weighted by Crippen LogP contribution is 2.09. The summed E-state index contributed by atoms with van der Waals surface area (Å²) in [5, 5.41) is 5.51. The van der Waals surface area contributed by atoms with Gasteiger partial charge < -0.3 is 15.6 Å². The van der Waals surface area contributed by atoms with Gasteiger partial charge in [-0.2, -0.15) is 0 Å². The molecule has 0 bridgehead atoms. The van der Waals surface area contributed by atoms with E-state index in [1.165, 1.54) is 0 Å². The van der Waals surface area contributed by atoms with Crippen LogP contribution in [0.2, 0.25) is 0 Å². The highest BCUT2D eigenvalue weighted by Gasteiger charge is 2.11. The topological polar surface area (TPSA) is 69.8 Å². The van der Waals surface area contributed by atoms with Crippen molar-refractivity contribution in [2.24, 2.45) is 5.41 Å². The van der Waals surface area contributed by atoms with Crippen molar-refractivity contribution in [1.82, 2.24) is 20.6 Å². The second kappa shape index (κ2) is 4.82. The van der Waals surface area contributed by atoms with Gasteiger partial charge in [-0.05, 0) is 5.41 Å². The van der Waals surface area contributed by atoms with E-state index in [0.29, 0.717) is 13.1 Å². The summed E-state index contributed by atoms with van der Waals surface area (Å²) in [5.74, 6) is 0.751. The highest BCUT2D eigenvalue weighted by molar-refractivity contribution is 5.73. The summed E-state index contributed by atoms with van der Waals surface area (Å²) < 4.78 is 0. The lowest BCUT2D eigenvalue weighted by Gasteiger charge is -2.18. The van der Waals surface area contributed by atoms with Crippen LogP contribution >= 0.6 is 0 Å². The zero-order chi connectivity index (χ0) is 11.3. The number of rotatable bonds is 3. The number of hydrogen-bond donors (Lipinski definition) is 3. The van der Waals surface area contributed by atoms with Gasteiger partial charge >= 0.3 is 6.03 Å². The van der Waals surface area contributed by atoms with Gasteiger partial charge in [0.2, 0.25) is 0 Å². The minimum atomic E-state index is -0.165. The molecule has 5 nitrogen and oxygen atoms in total. The van der Waals surface area contributed by atoms with Crippen LogP contribution in [-0.2, 0) is 6.54 Å². The first kappa shape index (κ1) is 11.6. The van der Waals surface area contributed by atoms with Crippen LogP contribution in [0.15, 0.2) is 12.4 Å². The number of carbonyl (C=O) groups excluding carboxylic acids is 1. The van der Waals surface area contributed by atoms with E-state index in [9.17, 15) is 4.79 Å². The molecule has 0 unspecified atom stereocenters. The highest BCUT2D eigenvalue weighted by atomic mass is 16.2. The molecule has 1 rings (SSSR count). The summed E-state index contributed by atoms with van der Waals surface area (Å²) in [6.45, 7) is 7.28. The lowest BCUT2D eigenvalue weighted by Crippen LogP contribution is -2.39. The first-order valence-corrected chi connectivity index (χ1v) is 4.97. The van der Waals surface area contributed by atoms with Crippen molar-refractivity contribution in [3.63, 3.8) is 0 Å². The zero-order valence-corrected chi connectivity index (χ0v) is 9.42. The molecule has 2 amide bonds. The molecule has 1 aromatic rings. The summed E-state index contributed by atoms with van der Waals surface area (Å²) in [6, 6.07) is -0.165. The Kier molecular flexibility index (Phi) is 3.71. The standard InChI is InChI=1S/C10H18N4O/c1-10(2,3)7-14-9(15)13-6-8-11-4-5-12-8/h4-5H,6-7H2,1-3H3,(H,11,12)(H2,13,14,15). The molecule has 3 N–H and O–H groups in total. The molecule has 5 heteroatoms. The lowest BCUT2D eigenvalue weighted by atomic mass is 9.97. The molecule has 1 aromatic heterocycles. The van der Waals surface area contributed by atoms with E-state index in [-0.39, 0.29) is 11.4 Å². The number of hydrogen-bond acceptors (Lipinski definition) is 2. The smallest absolute Gasteiger partial charge is 0.315 e. The van der Waals surface area contributed by atoms with E-state index >= 15 is 0 Å². The van der Waals surface area contributed by atoms with Gasteiger partial charge in [0, 0.05) is 18.9 Å². The third kappa shape index (κ3) is 5.05. The van der Waals surface area contributed by atoms with Crippen LogP contribution in [0.1, 0.15) is 26.6 Å². The maximum absolute atomic E-state index is 11.3. The molecule has 15 heavy (non-hydrogen) atoms. The second-order valence-electron chi connectivity index (χ2n) is 4.63. The van der Waals surface area contributed by atoms with Gasteiger partial charge in [-0.25, -0.2) is 9.78 Å². The minimum Gasteiger partial charge on any atom is -0.347 e. The Morgan fingerprint density at radius 3 is 2.73 bits per heavy atom. The fraction of sp³-hybridized carbons (Fsp3) is 0.600. The normalized spacial score (nSPS) is 11.1. The lowest BCUT2D eigenvalue weighted by molar-refractivity contribution is 0.235. The van der Waals surface area contributed by atoms with Crippen LogP contribution < -0.4 is 10.6 Å². The summed E-state index contributed by atoms with van der Waals surface area (Å²) in [7, 11) is 0. The Bertz CT molecular complexity index is 300. The van der Waals surface area contributed by atoms with Crippen molar-refractivity contribution in [3.8, 4) is 0 Å². The van der Waals surface area contributed by atoms with Crippen LogP contribution in [-0.4, -0.2) is 22.5 Å². The molecular weight excluding hydrogens is 192 g/mol. The van der Waals surface area contributed by atoms with Gasteiger partial charge in [0.1, 0.15) is 5.82 Å². The molecule has 0 spiro atoms. The van der Waals surface area contributed by atoms with Crippen LogP contribution in [0.5, 0.6) is 0 Å². The number of aromatic nitrogens is 2. The Hall–Kier alpha value is -1.52. The third-order valence-electron chi connectivity index (χ3n) is 1.75. The van der Waals surface area contributed by atoms with Crippen molar-refractivity contribution in [2.45, 2.75) is 27.3 Å². The van der Waals surface area contributed by atoms with E-state index in [0.717, 1.165) is 5.82 Å². The van der Waals surface area contributed by atoms with Crippen LogP contribution in [0.3, 0.4) is 0 Å². The Balaban J connectivity index is 2.20. The number of nitrogens with one attached hydrogen (secondary N) is 3. The van der Waals surface area contributed by atoms with E-state index in [4.69, 9.17) is 0 Å². The van der Waals surface area contributed by atoms with Gasteiger partial charge in [0.05, 0.1) is 6.54 Å². The van der Waals surface area contributed by atoms with E-state index in [1.54, 1.807) is 12.4 Å². The minimum absolute atomic E-state index is 0.0992. The molecule has 1 heterocycles. The number of nitrogens with zero attached hydrogens (tertiary/aromatic N) is 1. The quantitative estimate of drug-likeness (QED) is 0.702. The molecule has 0 atom stereocenters. The van der Waals surface area contributed by atoms with Crippen molar-refractivity contribution in [1.29, 1.82) is 0 Å². The predicted molar refractivity (Wildman–Crippen MR) is 58.3 cm³/mol. The van der Waals surface area contributed by atoms with Crippen molar-refractivity contribution >= 4 is 6.03 Å². The first-order chi connectivity index (χ1) is 6.97. The number of aromatic amines is 1. The first-order valence-electron chi connectivity index (χ1n) is 4.97. The molecule has 0 aliphatic heterocycles. The van der Waals surface area contributed by atoms with Gasteiger partial charge in [-0.15, -0.1) is 0 Å². The summed E-state index contributed by atoms with van der Waals surface area (Å²) >= 11 is 0. The molecule has 0 aliphatic carbocycles. The van der Waals surface area contributed by atoms with Crippen molar-refractivity contribution in [2.75, 3.05) is 6.54 Å². The maximum atomic E-state index is 11.3. The Morgan fingerprint density at radius 1 is 1.47 bits per heavy atom. The van der Waals surface area contributed by atoms with E-state index in [1.807, 2.05) is 0 Å². The zero-order valence-electron chi connectivity index (χ0n) is 9.42. The number of amides is 2. The van der Waals surface area contributed by atoms with Crippen LogP contribution in [0.4, 0.5) is 4.79 Å². The van der Waals surface area contributed by atoms with E-state index in [2.05, 4.69) is 41.4 Å². The number of urea groups is 1. The molecular formula is C10H18N4O. The molecule has 0 aliphatic rings. The maximum Gasteiger partial charge on any atom is 0.315 e. The van der Waals surface area contributed by atoms with Gasteiger partial charge in [-0.3, -0.25) is 0 Å². The van der Waals surface area contributed by atoms with Gasteiger partial charge in [0.25, 0.3) is 0 Å². The molecule has 84 valence electrons. The fourth-order valence-corrected chi connectivity index (χ4v) is 0.967. The fourth-order valence-electron chi connectivity index (χ4n) is 0.967. The third-order valence-corrected chi connectivity index (χ3v) is 1.75. The average Bonchev–Trinajstić information content (AvgIpc) is 2.62. The SMILES string of the molecule is CC(C)(C)CNC(=O)NCc1ncc[nH]1. The van der Waals surface area contributed by atoms with Crippen LogP contribution in [0, 0.1) is 5.41 Å². The Labute approximate surface area is 89.7 Å². The monoisotopic (exact) mass is 210 g/mol. The number of imidazole rings is 1. The largest absolute Gasteiger partial charge is 0.347 e. The van der Waals surface area contributed by atoms with Gasteiger partial charge in [0.15, 0.2) is 0 Å².